The molecule has 1 aliphatic carbocycles. The first-order valence-corrected chi connectivity index (χ1v) is 7.48. The second-order valence-electron chi connectivity index (χ2n) is 5.02. The lowest BCUT2D eigenvalue weighted by Crippen LogP contribution is -2.46. The van der Waals surface area contributed by atoms with Gasteiger partial charge in [0.25, 0.3) is 0 Å². The third-order valence-corrected chi connectivity index (χ3v) is 4.42. The second-order valence-corrected chi connectivity index (χ2v) is 6.08. The van der Waals surface area contributed by atoms with Crippen molar-refractivity contribution in [2.24, 2.45) is 11.7 Å². The van der Waals surface area contributed by atoms with Gasteiger partial charge in [0.15, 0.2) is 0 Å². The number of nitrogens with two attached hydrogens (primary N) is 1. The standard InChI is InChI=1S/C13H21N3OS.ClH/c1-9-16-11(8-18-9)7-15-12(13(14)17)10-5-3-2-4-6-10;/h8,10,12,15H,2-7H2,1H3,(H2,14,17);1H. The van der Waals surface area contributed by atoms with E-state index in [2.05, 4.69) is 10.3 Å². The van der Waals surface area contributed by atoms with Gasteiger partial charge in [-0.2, -0.15) is 0 Å². The number of nitrogens with one attached hydrogen (secondary N) is 1. The predicted octanol–water partition coefficient (Wildman–Crippen LogP) is 2.40. The molecule has 1 aromatic rings. The molecular weight excluding hydrogens is 282 g/mol. The fourth-order valence-electron chi connectivity index (χ4n) is 2.67. The van der Waals surface area contributed by atoms with E-state index in [-0.39, 0.29) is 24.4 Å². The highest BCUT2D eigenvalue weighted by atomic mass is 35.5. The molecule has 0 saturated heterocycles. The van der Waals surface area contributed by atoms with Gasteiger partial charge in [0.1, 0.15) is 0 Å². The maximum absolute atomic E-state index is 11.6. The van der Waals surface area contributed by atoms with Gasteiger partial charge in [-0.05, 0) is 25.7 Å². The van der Waals surface area contributed by atoms with Gasteiger partial charge >= 0.3 is 0 Å². The molecule has 1 unspecified atom stereocenters. The zero-order chi connectivity index (χ0) is 13.0. The molecule has 1 saturated carbocycles. The lowest BCUT2D eigenvalue weighted by molar-refractivity contribution is -0.121. The van der Waals surface area contributed by atoms with Crippen LogP contribution in [0.25, 0.3) is 0 Å². The van der Waals surface area contributed by atoms with Crippen molar-refractivity contribution in [1.29, 1.82) is 0 Å². The molecule has 0 aromatic carbocycles. The van der Waals surface area contributed by atoms with Crippen molar-refractivity contribution >= 4 is 29.7 Å². The van der Waals surface area contributed by atoms with Gasteiger partial charge in [-0.1, -0.05) is 19.3 Å². The van der Waals surface area contributed by atoms with Gasteiger partial charge in [0.05, 0.1) is 16.7 Å². The lowest BCUT2D eigenvalue weighted by Gasteiger charge is -2.28. The van der Waals surface area contributed by atoms with Gasteiger partial charge in [0, 0.05) is 11.9 Å². The van der Waals surface area contributed by atoms with Crippen molar-refractivity contribution in [1.82, 2.24) is 10.3 Å². The Morgan fingerprint density at radius 1 is 1.53 bits per heavy atom. The van der Waals surface area contributed by atoms with E-state index in [9.17, 15) is 4.79 Å². The van der Waals surface area contributed by atoms with Crippen LogP contribution in [0.4, 0.5) is 0 Å². The summed E-state index contributed by atoms with van der Waals surface area (Å²) < 4.78 is 0. The molecule has 1 heterocycles. The van der Waals surface area contributed by atoms with Crippen LogP contribution in [-0.2, 0) is 11.3 Å². The largest absolute Gasteiger partial charge is 0.368 e. The number of hydrogen-bond donors (Lipinski definition) is 2. The summed E-state index contributed by atoms with van der Waals surface area (Å²) in [5.41, 5.74) is 6.52. The first kappa shape index (κ1) is 16.4. The number of primary amides is 1. The fourth-order valence-corrected chi connectivity index (χ4v) is 3.28. The van der Waals surface area contributed by atoms with Crippen LogP contribution in [0.1, 0.15) is 42.8 Å². The van der Waals surface area contributed by atoms with Crippen LogP contribution in [0.2, 0.25) is 0 Å². The Morgan fingerprint density at radius 2 is 2.21 bits per heavy atom. The van der Waals surface area contributed by atoms with Crippen LogP contribution >= 0.6 is 23.7 Å². The van der Waals surface area contributed by atoms with E-state index in [1.54, 1.807) is 11.3 Å². The minimum atomic E-state index is -0.228. The van der Waals surface area contributed by atoms with Crippen LogP contribution in [0.3, 0.4) is 0 Å². The van der Waals surface area contributed by atoms with Crippen molar-refractivity contribution < 1.29 is 4.79 Å². The molecule has 1 atom stereocenters. The van der Waals surface area contributed by atoms with Gasteiger partial charge in [0.2, 0.25) is 5.91 Å². The van der Waals surface area contributed by atoms with Crippen molar-refractivity contribution in [2.45, 2.75) is 51.6 Å². The van der Waals surface area contributed by atoms with Gasteiger partial charge in [-0.15, -0.1) is 23.7 Å². The summed E-state index contributed by atoms with van der Waals surface area (Å²) in [6.45, 7) is 2.62. The van der Waals surface area contributed by atoms with Crippen LogP contribution in [0.15, 0.2) is 5.38 Å². The highest BCUT2D eigenvalue weighted by molar-refractivity contribution is 7.09. The number of amides is 1. The van der Waals surface area contributed by atoms with Crippen molar-refractivity contribution in [3.8, 4) is 0 Å². The predicted molar refractivity (Wildman–Crippen MR) is 80.5 cm³/mol. The van der Waals surface area contributed by atoms with Gasteiger partial charge < -0.3 is 5.73 Å². The normalized spacial score (nSPS) is 17.7. The monoisotopic (exact) mass is 303 g/mol. The summed E-state index contributed by atoms with van der Waals surface area (Å²) >= 11 is 1.63. The molecule has 2 rings (SSSR count). The Labute approximate surface area is 124 Å². The molecular formula is C13H22ClN3OS. The van der Waals surface area contributed by atoms with Crippen LogP contribution in [0.5, 0.6) is 0 Å². The molecule has 1 amide bonds. The number of thiazole rings is 1. The molecule has 6 heteroatoms. The first-order chi connectivity index (χ1) is 8.66. The molecule has 0 aliphatic heterocycles. The summed E-state index contributed by atoms with van der Waals surface area (Å²) in [6, 6.07) is -0.202. The molecule has 3 N–H and O–H groups in total. The number of aryl methyl sites for hydroxylation is 1. The van der Waals surface area contributed by atoms with Crippen molar-refractivity contribution in [2.75, 3.05) is 0 Å². The van der Waals surface area contributed by atoms with E-state index < -0.39 is 0 Å². The van der Waals surface area contributed by atoms with E-state index in [1.165, 1.54) is 19.3 Å². The Hall–Kier alpha value is -0.650. The Kier molecular flexibility index (Phi) is 6.75. The Bertz CT molecular complexity index is 404. The van der Waals surface area contributed by atoms with Crippen molar-refractivity contribution in [3.63, 3.8) is 0 Å². The number of carbonyl (C=O) groups is 1. The van der Waals surface area contributed by atoms with Crippen LogP contribution in [0, 0.1) is 12.8 Å². The lowest BCUT2D eigenvalue weighted by atomic mass is 9.83. The number of halogens is 1. The maximum atomic E-state index is 11.6. The zero-order valence-corrected chi connectivity index (χ0v) is 12.9. The molecule has 0 radical (unpaired) electrons. The van der Waals surface area contributed by atoms with Crippen LogP contribution < -0.4 is 11.1 Å². The first-order valence-electron chi connectivity index (χ1n) is 6.60. The Morgan fingerprint density at radius 3 is 2.74 bits per heavy atom. The maximum Gasteiger partial charge on any atom is 0.234 e. The fraction of sp³-hybridized carbons (Fsp3) is 0.692. The van der Waals surface area contributed by atoms with E-state index in [0.29, 0.717) is 12.5 Å². The molecule has 19 heavy (non-hydrogen) atoms. The minimum Gasteiger partial charge on any atom is -0.368 e. The highest BCUT2D eigenvalue weighted by Gasteiger charge is 2.27. The number of rotatable bonds is 5. The molecule has 1 aromatic heterocycles. The highest BCUT2D eigenvalue weighted by Crippen LogP contribution is 2.26. The molecule has 1 fully saturated rings. The molecule has 0 spiro atoms. The van der Waals surface area contributed by atoms with Crippen molar-refractivity contribution in [3.05, 3.63) is 16.1 Å². The summed E-state index contributed by atoms with van der Waals surface area (Å²) in [5, 5.41) is 6.37. The Balaban J connectivity index is 0.00000180. The van der Waals surface area contributed by atoms with Gasteiger partial charge in [-0.25, -0.2) is 4.98 Å². The number of nitrogens with zero attached hydrogens (tertiary/aromatic N) is 1. The average Bonchev–Trinajstić information content (AvgIpc) is 2.76. The van der Waals surface area contributed by atoms with Gasteiger partial charge in [-0.3, -0.25) is 10.1 Å². The molecule has 0 bridgehead atoms. The summed E-state index contributed by atoms with van der Waals surface area (Å²) in [6.07, 6.45) is 5.93. The second kappa shape index (κ2) is 7.82. The van der Waals surface area contributed by atoms with E-state index in [1.807, 2.05) is 12.3 Å². The van der Waals surface area contributed by atoms with E-state index >= 15 is 0 Å². The number of hydrogen-bond acceptors (Lipinski definition) is 4. The SMILES string of the molecule is Cc1nc(CNC(C(N)=O)C2CCCCC2)cs1.Cl. The van der Waals surface area contributed by atoms with E-state index in [4.69, 9.17) is 5.73 Å². The minimum absolute atomic E-state index is 0. The average molecular weight is 304 g/mol. The molecule has 1 aliphatic rings. The zero-order valence-electron chi connectivity index (χ0n) is 11.2. The van der Waals surface area contributed by atoms with E-state index in [0.717, 1.165) is 23.5 Å². The number of aromatic nitrogens is 1. The topological polar surface area (TPSA) is 68.0 Å². The number of carbonyl (C=O) groups excluding carboxylic acids is 1. The molecule has 4 nitrogen and oxygen atoms in total. The third kappa shape index (κ3) is 4.75. The third-order valence-electron chi connectivity index (χ3n) is 3.60. The van der Waals surface area contributed by atoms with Crippen LogP contribution in [-0.4, -0.2) is 16.9 Å². The summed E-state index contributed by atoms with van der Waals surface area (Å²) in [4.78, 5) is 16.0. The smallest absolute Gasteiger partial charge is 0.234 e. The summed E-state index contributed by atoms with van der Waals surface area (Å²) in [5.74, 6) is 0.171. The summed E-state index contributed by atoms with van der Waals surface area (Å²) in [7, 11) is 0. The molecule has 108 valence electrons. The quantitative estimate of drug-likeness (QED) is 0.877.